The van der Waals surface area contributed by atoms with Gasteiger partial charge >= 0.3 is 0 Å². The van der Waals surface area contributed by atoms with E-state index < -0.39 is 0 Å². The zero-order valence-corrected chi connectivity index (χ0v) is 13.4. The number of aryl methyl sites for hydroxylation is 1. The van der Waals surface area contributed by atoms with E-state index in [1.54, 1.807) is 0 Å². The van der Waals surface area contributed by atoms with Gasteiger partial charge in [0.25, 0.3) is 5.91 Å². The smallest absolute Gasteiger partial charge is 0.254 e. The minimum Gasteiger partial charge on any atom is -0.384 e. The molecule has 0 saturated carbocycles. The van der Waals surface area contributed by atoms with E-state index in [1.165, 1.54) is 0 Å². The van der Waals surface area contributed by atoms with Crippen LogP contribution in [0.2, 0.25) is 0 Å². The van der Waals surface area contributed by atoms with Crippen molar-refractivity contribution in [1.82, 2.24) is 4.90 Å². The number of carbonyl (C=O) groups excluding carboxylic acids is 1. The van der Waals surface area contributed by atoms with Crippen LogP contribution in [0, 0.1) is 12.3 Å². The maximum atomic E-state index is 12.5. The van der Waals surface area contributed by atoms with Gasteiger partial charge in [-0.3, -0.25) is 4.79 Å². The van der Waals surface area contributed by atoms with Gasteiger partial charge in [0, 0.05) is 36.3 Å². The third-order valence-electron chi connectivity index (χ3n) is 4.38. The molecule has 0 spiro atoms. The first kappa shape index (κ1) is 15.3. The Bertz CT molecular complexity index is 549. The number of rotatable bonds is 4. The van der Waals surface area contributed by atoms with Crippen molar-refractivity contribution in [3.05, 3.63) is 29.3 Å². The van der Waals surface area contributed by atoms with Crippen molar-refractivity contribution in [3.63, 3.8) is 0 Å². The second-order valence-corrected chi connectivity index (χ2v) is 6.59. The van der Waals surface area contributed by atoms with Crippen LogP contribution in [0.5, 0.6) is 0 Å². The SMILES string of the molecule is Cc1cc(C(=O)N2CCOCC2)ccc1NCC1(C)COC1. The van der Waals surface area contributed by atoms with Crippen molar-refractivity contribution in [2.24, 2.45) is 5.41 Å². The first-order valence-corrected chi connectivity index (χ1v) is 7.87. The molecule has 0 radical (unpaired) electrons. The highest BCUT2D eigenvalue weighted by atomic mass is 16.5. The molecule has 2 aliphatic heterocycles. The molecule has 120 valence electrons. The predicted molar refractivity (Wildman–Crippen MR) is 85.3 cm³/mol. The molecule has 0 aromatic heterocycles. The average Bonchev–Trinajstić information content (AvgIpc) is 2.52. The van der Waals surface area contributed by atoms with Gasteiger partial charge in [-0.05, 0) is 30.7 Å². The van der Waals surface area contributed by atoms with Crippen LogP contribution in [-0.2, 0) is 9.47 Å². The van der Waals surface area contributed by atoms with Crippen LogP contribution in [0.1, 0.15) is 22.8 Å². The Morgan fingerprint density at radius 2 is 2.00 bits per heavy atom. The maximum Gasteiger partial charge on any atom is 0.254 e. The highest BCUT2D eigenvalue weighted by molar-refractivity contribution is 5.95. The van der Waals surface area contributed by atoms with Crippen molar-refractivity contribution >= 4 is 11.6 Å². The van der Waals surface area contributed by atoms with Gasteiger partial charge in [-0.2, -0.15) is 0 Å². The fourth-order valence-corrected chi connectivity index (χ4v) is 2.81. The molecule has 0 bridgehead atoms. The van der Waals surface area contributed by atoms with Gasteiger partial charge in [-0.1, -0.05) is 6.92 Å². The van der Waals surface area contributed by atoms with Gasteiger partial charge < -0.3 is 19.7 Å². The van der Waals surface area contributed by atoms with Crippen molar-refractivity contribution < 1.29 is 14.3 Å². The molecule has 1 N–H and O–H groups in total. The molecular formula is C17H24N2O3. The van der Waals surface area contributed by atoms with E-state index in [9.17, 15) is 4.79 Å². The summed E-state index contributed by atoms with van der Waals surface area (Å²) in [6.45, 7) is 9.39. The van der Waals surface area contributed by atoms with Gasteiger partial charge in [-0.15, -0.1) is 0 Å². The van der Waals surface area contributed by atoms with Crippen LogP contribution in [0.4, 0.5) is 5.69 Å². The van der Waals surface area contributed by atoms with Crippen LogP contribution < -0.4 is 5.32 Å². The van der Waals surface area contributed by atoms with E-state index in [4.69, 9.17) is 9.47 Å². The van der Waals surface area contributed by atoms with Crippen LogP contribution in [0.15, 0.2) is 18.2 Å². The summed E-state index contributed by atoms with van der Waals surface area (Å²) in [6, 6.07) is 5.89. The van der Waals surface area contributed by atoms with Gasteiger partial charge in [0.05, 0.1) is 26.4 Å². The third-order valence-corrected chi connectivity index (χ3v) is 4.38. The van der Waals surface area contributed by atoms with E-state index in [0.717, 1.165) is 36.6 Å². The minimum absolute atomic E-state index is 0.0947. The summed E-state index contributed by atoms with van der Waals surface area (Å²) in [7, 11) is 0. The van der Waals surface area contributed by atoms with E-state index in [-0.39, 0.29) is 11.3 Å². The first-order valence-electron chi connectivity index (χ1n) is 7.87. The molecule has 0 atom stereocenters. The number of hydrogen-bond acceptors (Lipinski definition) is 4. The lowest BCUT2D eigenvalue weighted by atomic mass is 9.88. The largest absolute Gasteiger partial charge is 0.384 e. The average molecular weight is 304 g/mol. The molecule has 5 heteroatoms. The fourth-order valence-electron chi connectivity index (χ4n) is 2.81. The number of nitrogens with one attached hydrogen (secondary N) is 1. The second kappa shape index (κ2) is 6.26. The van der Waals surface area contributed by atoms with Crippen molar-refractivity contribution in [2.75, 3.05) is 51.4 Å². The number of benzene rings is 1. The highest BCUT2D eigenvalue weighted by Gasteiger charge is 2.33. The van der Waals surface area contributed by atoms with Gasteiger partial charge in [0.2, 0.25) is 0 Å². The lowest BCUT2D eigenvalue weighted by Crippen LogP contribution is -2.45. The van der Waals surface area contributed by atoms with E-state index in [1.807, 2.05) is 30.0 Å². The maximum absolute atomic E-state index is 12.5. The fraction of sp³-hybridized carbons (Fsp3) is 0.588. The lowest BCUT2D eigenvalue weighted by Gasteiger charge is -2.38. The number of hydrogen-bond donors (Lipinski definition) is 1. The number of carbonyl (C=O) groups is 1. The van der Waals surface area contributed by atoms with E-state index >= 15 is 0 Å². The summed E-state index contributed by atoms with van der Waals surface area (Å²) in [4.78, 5) is 14.3. The number of ether oxygens (including phenoxy) is 2. The Morgan fingerprint density at radius 3 is 2.59 bits per heavy atom. The summed E-state index contributed by atoms with van der Waals surface area (Å²) in [6.07, 6.45) is 0. The molecule has 2 saturated heterocycles. The Balaban J connectivity index is 1.64. The molecule has 1 aromatic rings. The molecular weight excluding hydrogens is 280 g/mol. The van der Waals surface area contributed by atoms with Crippen LogP contribution >= 0.6 is 0 Å². The van der Waals surface area contributed by atoms with Crippen LogP contribution in [0.25, 0.3) is 0 Å². The minimum atomic E-state index is 0.0947. The summed E-state index contributed by atoms with van der Waals surface area (Å²) < 4.78 is 10.6. The zero-order valence-electron chi connectivity index (χ0n) is 13.4. The lowest BCUT2D eigenvalue weighted by molar-refractivity contribution is -0.0924. The number of anilines is 1. The number of morpholine rings is 1. The van der Waals surface area contributed by atoms with E-state index in [2.05, 4.69) is 12.2 Å². The van der Waals surface area contributed by atoms with Gasteiger partial charge in [0.15, 0.2) is 0 Å². The summed E-state index contributed by atoms with van der Waals surface area (Å²) in [5, 5.41) is 3.48. The summed E-state index contributed by atoms with van der Waals surface area (Å²) >= 11 is 0. The monoisotopic (exact) mass is 304 g/mol. The Morgan fingerprint density at radius 1 is 1.27 bits per heavy atom. The quantitative estimate of drug-likeness (QED) is 0.923. The number of nitrogens with zero attached hydrogens (tertiary/aromatic N) is 1. The zero-order chi connectivity index (χ0) is 15.6. The van der Waals surface area contributed by atoms with Crippen molar-refractivity contribution in [3.8, 4) is 0 Å². The van der Waals surface area contributed by atoms with E-state index in [0.29, 0.717) is 26.3 Å². The number of amides is 1. The topological polar surface area (TPSA) is 50.8 Å². The molecule has 2 aliphatic rings. The Kier molecular flexibility index (Phi) is 4.36. The van der Waals surface area contributed by atoms with Gasteiger partial charge in [0.1, 0.15) is 0 Å². The molecule has 22 heavy (non-hydrogen) atoms. The molecule has 1 amide bonds. The van der Waals surface area contributed by atoms with Gasteiger partial charge in [-0.25, -0.2) is 0 Å². The molecule has 1 aromatic carbocycles. The van der Waals surface area contributed by atoms with Crippen LogP contribution in [0.3, 0.4) is 0 Å². The van der Waals surface area contributed by atoms with Crippen molar-refractivity contribution in [1.29, 1.82) is 0 Å². The first-order chi connectivity index (χ1) is 10.6. The summed E-state index contributed by atoms with van der Waals surface area (Å²) in [5.41, 5.74) is 3.17. The second-order valence-electron chi connectivity index (χ2n) is 6.59. The summed E-state index contributed by atoms with van der Waals surface area (Å²) in [5.74, 6) is 0.0947. The molecule has 5 nitrogen and oxygen atoms in total. The Hall–Kier alpha value is -1.59. The molecule has 3 rings (SSSR count). The molecule has 0 aliphatic carbocycles. The molecule has 2 heterocycles. The normalized spacial score (nSPS) is 20.4. The Labute approximate surface area is 131 Å². The third kappa shape index (κ3) is 3.25. The van der Waals surface area contributed by atoms with Crippen LogP contribution in [-0.4, -0.2) is 56.9 Å². The highest BCUT2D eigenvalue weighted by Crippen LogP contribution is 2.27. The molecule has 2 fully saturated rings. The van der Waals surface area contributed by atoms with Crippen molar-refractivity contribution in [2.45, 2.75) is 13.8 Å². The molecule has 0 unspecified atom stereocenters. The standard InChI is InChI=1S/C17H24N2O3/c1-13-9-14(16(20)19-5-7-21-8-6-19)3-4-15(13)18-10-17(2)11-22-12-17/h3-4,9,18H,5-8,10-12H2,1-2H3. The predicted octanol–water partition coefficient (Wildman–Crippen LogP) is 1.92.